The Morgan fingerprint density at radius 2 is 2.00 bits per heavy atom. The second kappa shape index (κ2) is 8.17. The first-order valence-electron chi connectivity index (χ1n) is 5.17. The van der Waals surface area contributed by atoms with Crippen molar-refractivity contribution in [2.45, 2.75) is 26.1 Å². The van der Waals surface area contributed by atoms with Crippen LogP contribution in [0, 0.1) is 0 Å². The molecule has 0 spiro atoms. The van der Waals surface area contributed by atoms with Gasteiger partial charge in [0.1, 0.15) is 0 Å². The Morgan fingerprint density at radius 3 is 2.50 bits per heavy atom. The van der Waals surface area contributed by atoms with Crippen molar-refractivity contribution in [2.75, 3.05) is 40.3 Å². The smallest absolute Gasteiger partial charge is 0.0791 e. The van der Waals surface area contributed by atoms with Crippen LogP contribution in [0.15, 0.2) is 0 Å². The molecule has 0 amide bonds. The van der Waals surface area contributed by atoms with Gasteiger partial charge < -0.3 is 20.1 Å². The molecular formula is C10H24N2O2. The van der Waals surface area contributed by atoms with E-state index in [1.807, 2.05) is 32.8 Å². The quantitative estimate of drug-likeness (QED) is 0.543. The molecule has 0 aliphatic heterocycles. The average Bonchev–Trinajstić information content (AvgIpc) is 2.01. The first-order chi connectivity index (χ1) is 6.52. The molecule has 0 bridgehead atoms. The number of nitrogens with one attached hydrogen (secondary N) is 1. The molecule has 14 heavy (non-hydrogen) atoms. The molecule has 0 aromatic heterocycles. The van der Waals surface area contributed by atoms with Gasteiger partial charge in [-0.25, -0.2) is 0 Å². The van der Waals surface area contributed by atoms with Crippen LogP contribution in [-0.2, 0) is 4.74 Å². The fraction of sp³-hybridized carbons (Fsp3) is 1.00. The summed E-state index contributed by atoms with van der Waals surface area (Å²) < 4.78 is 5.35. The lowest BCUT2D eigenvalue weighted by molar-refractivity contribution is 0.0766. The Labute approximate surface area is 87.2 Å². The number of hydrogen-bond donors (Lipinski definition) is 2. The van der Waals surface area contributed by atoms with E-state index in [-0.39, 0.29) is 12.2 Å². The van der Waals surface area contributed by atoms with Gasteiger partial charge in [0.15, 0.2) is 0 Å². The van der Waals surface area contributed by atoms with Crippen LogP contribution in [0.4, 0.5) is 0 Å². The highest BCUT2D eigenvalue weighted by atomic mass is 16.5. The molecule has 0 fully saturated rings. The van der Waals surface area contributed by atoms with Gasteiger partial charge in [-0.1, -0.05) is 0 Å². The zero-order valence-corrected chi connectivity index (χ0v) is 9.79. The number of likely N-dealkylation sites (N-methyl/N-ethyl adjacent to an activating group) is 1. The molecule has 0 aromatic rings. The summed E-state index contributed by atoms with van der Waals surface area (Å²) in [4.78, 5) is 1.97. The van der Waals surface area contributed by atoms with E-state index in [4.69, 9.17) is 4.74 Å². The summed E-state index contributed by atoms with van der Waals surface area (Å²) in [7, 11) is 3.90. The van der Waals surface area contributed by atoms with Crippen molar-refractivity contribution in [3.05, 3.63) is 0 Å². The average molecular weight is 204 g/mol. The Balaban J connectivity index is 3.19. The van der Waals surface area contributed by atoms with Crippen LogP contribution in [0.1, 0.15) is 13.8 Å². The number of nitrogens with zero attached hydrogens (tertiary/aromatic N) is 1. The summed E-state index contributed by atoms with van der Waals surface area (Å²) >= 11 is 0. The summed E-state index contributed by atoms with van der Waals surface area (Å²) in [6.45, 7) is 6.84. The summed E-state index contributed by atoms with van der Waals surface area (Å²) in [6, 6.07) is 0. The number of ether oxygens (including phenoxy) is 1. The minimum atomic E-state index is -0.302. The van der Waals surface area contributed by atoms with Crippen molar-refractivity contribution in [1.29, 1.82) is 0 Å². The molecule has 0 rings (SSSR count). The molecule has 4 heteroatoms. The van der Waals surface area contributed by atoms with E-state index in [9.17, 15) is 5.11 Å². The molecule has 0 saturated heterocycles. The molecule has 0 aliphatic rings. The van der Waals surface area contributed by atoms with E-state index in [1.165, 1.54) is 0 Å². The van der Waals surface area contributed by atoms with Crippen LogP contribution in [0.5, 0.6) is 0 Å². The van der Waals surface area contributed by atoms with Gasteiger partial charge in [0, 0.05) is 19.6 Å². The van der Waals surface area contributed by atoms with Gasteiger partial charge in [0.05, 0.1) is 18.8 Å². The highest BCUT2D eigenvalue weighted by Crippen LogP contribution is 1.86. The zero-order valence-electron chi connectivity index (χ0n) is 9.79. The van der Waals surface area contributed by atoms with Crippen molar-refractivity contribution in [3.63, 3.8) is 0 Å². The van der Waals surface area contributed by atoms with E-state index in [0.717, 1.165) is 6.54 Å². The van der Waals surface area contributed by atoms with Crippen molar-refractivity contribution in [2.24, 2.45) is 0 Å². The molecule has 0 aliphatic carbocycles. The molecule has 0 radical (unpaired) electrons. The second-order valence-corrected chi connectivity index (χ2v) is 4.04. The van der Waals surface area contributed by atoms with Crippen LogP contribution < -0.4 is 5.32 Å². The molecule has 1 atom stereocenters. The number of hydrogen-bond acceptors (Lipinski definition) is 4. The van der Waals surface area contributed by atoms with Crippen molar-refractivity contribution in [3.8, 4) is 0 Å². The lowest BCUT2D eigenvalue weighted by Crippen LogP contribution is -2.36. The van der Waals surface area contributed by atoms with E-state index in [2.05, 4.69) is 5.32 Å². The third kappa shape index (κ3) is 9.92. The van der Waals surface area contributed by atoms with E-state index in [0.29, 0.717) is 19.7 Å². The molecule has 86 valence electrons. The van der Waals surface area contributed by atoms with Gasteiger partial charge in [-0.05, 0) is 27.9 Å². The first kappa shape index (κ1) is 13.8. The van der Waals surface area contributed by atoms with Gasteiger partial charge in [-0.2, -0.15) is 0 Å². The van der Waals surface area contributed by atoms with Crippen LogP contribution in [0.3, 0.4) is 0 Å². The first-order valence-corrected chi connectivity index (χ1v) is 5.17. The molecule has 0 aromatic carbocycles. The number of rotatable bonds is 8. The lowest BCUT2D eigenvalue weighted by atomic mass is 10.3. The van der Waals surface area contributed by atoms with Crippen LogP contribution in [0.2, 0.25) is 0 Å². The molecular weight excluding hydrogens is 180 g/mol. The molecule has 1 unspecified atom stereocenters. The maximum atomic E-state index is 9.48. The number of aliphatic hydroxyl groups excluding tert-OH is 1. The highest BCUT2D eigenvalue weighted by Gasteiger charge is 2.03. The third-order valence-electron chi connectivity index (χ3n) is 1.69. The summed E-state index contributed by atoms with van der Waals surface area (Å²) in [5.74, 6) is 0. The zero-order chi connectivity index (χ0) is 11.0. The SMILES string of the molecule is CC(C)OCCNCC(O)CN(C)C. The van der Waals surface area contributed by atoms with Gasteiger partial charge in [-0.15, -0.1) is 0 Å². The van der Waals surface area contributed by atoms with E-state index < -0.39 is 0 Å². The molecule has 4 nitrogen and oxygen atoms in total. The largest absolute Gasteiger partial charge is 0.390 e. The monoisotopic (exact) mass is 204 g/mol. The fourth-order valence-corrected chi connectivity index (χ4v) is 1.12. The molecule has 2 N–H and O–H groups in total. The Morgan fingerprint density at radius 1 is 1.36 bits per heavy atom. The minimum absolute atomic E-state index is 0.281. The summed E-state index contributed by atoms with van der Waals surface area (Å²) in [5.41, 5.74) is 0. The van der Waals surface area contributed by atoms with Crippen molar-refractivity contribution >= 4 is 0 Å². The lowest BCUT2D eigenvalue weighted by Gasteiger charge is -2.16. The maximum absolute atomic E-state index is 9.48. The Kier molecular flexibility index (Phi) is 8.08. The van der Waals surface area contributed by atoms with Crippen LogP contribution in [-0.4, -0.2) is 62.6 Å². The Bertz CT molecular complexity index is 129. The predicted octanol–water partition coefficient (Wildman–Crippen LogP) is -0.0765. The standard InChI is InChI=1S/C10H24N2O2/c1-9(2)14-6-5-11-7-10(13)8-12(3)4/h9-11,13H,5-8H2,1-4H3. The summed E-state index contributed by atoms with van der Waals surface area (Å²) in [6.07, 6.45) is -0.0208. The van der Waals surface area contributed by atoms with Crippen LogP contribution in [0.25, 0.3) is 0 Å². The van der Waals surface area contributed by atoms with Gasteiger partial charge in [-0.3, -0.25) is 0 Å². The van der Waals surface area contributed by atoms with E-state index in [1.54, 1.807) is 0 Å². The second-order valence-electron chi connectivity index (χ2n) is 4.04. The third-order valence-corrected chi connectivity index (χ3v) is 1.69. The van der Waals surface area contributed by atoms with Crippen molar-refractivity contribution < 1.29 is 9.84 Å². The molecule has 0 heterocycles. The molecule has 0 saturated carbocycles. The normalized spacial score (nSPS) is 13.9. The summed E-state index contributed by atoms with van der Waals surface area (Å²) in [5, 5.41) is 12.6. The topological polar surface area (TPSA) is 44.7 Å². The van der Waals surface area contributed by atoms with Crippen molar-refractivity contribution in [1.82, 2.24) is 10.2 Å². The number of aliphatic hydroxyl groups is 1. The minimum Gasteiger partial charge on any atom is -0.390 e. The van der Waals surface area contributed by atoms with Gasteiger partial charge >= 0.3 is 0 Å². The van der Waals surface area contributed by atoms with Gasteiger partial charge in [0.2, 0.25) is 0 Å². The van der Waals surface area contributed by atoms with Crippen LogP contribution >= 0.6 is 0 Å². The maximum Gasteiger partial charge on any atom is 0.0791 e. The highest BCUT2D eigenvalue weighted by molar-refractivity contribution is 4.61. The van der Waals surface area contributed by atoms with Gasteiger partial charge in [0.25, 0.3) is 0 Å². The predicted molar refractivity (Wildman–Crippen MR) is 58.5 cm³/mol. The fourth-order valence-electron chi connectivity index (χ4n) is 1.12. The Hall–Kier alpha value is -0.160. The van der Waals surface area contributed by atoms with E-state index >= 15 is 0 Å².